The molecule has 0 fully saturated rings. The molecule has 0 saturated heterocycles. The molecule has 172 valence electrons. The summed E-state index contributed by atoms with van der Waals surface area (Å²) in [4.78, 5) is 1.08. The topological polar surface area (TPSA) is 118 Å². The zero-order valence-electron chi connectivity index (χ0n) is 18.3. The molecule has 9 heteroatoms. The van der Waals surface area contributed by atoms with Crippen molar-refractivity contribution in [3.8, 4) is 11.5 Å². The summed E-state index contributed by atoms with van der Waals surface area (Å²) in [5.74, 6) is 1.90. The van der Waals surface area contributed by atoms with Crippen molar-refractivity contribution in [3.05, 3.63) is 82.7 Å². The van der Waals surface area contributed by atoms with Gasteiger partial charge in [-0.2, -0.15) is 0 Å². The van der Waals surface area contributed by atoms with Gasteiger partial charge in [0.05, 0.1) is 14.2 Å². The van der Waals surface area contributed by atoms with Crippen molar-refractivity contribution >= 4 is 35.2 Å². The molecule has 0 heterocycles. The molecule has 6 nitrogen and oxygen atoms in total. The Kier molecular flexibility index (Phi) is 8.24. The van der Waals surface area contributed by atoms with Crippen LogP contribution in [0, 0.1) is 16.6 Å². The van der Waals surface area contributed by atoms with Crippen LogP contribution >= 0.6 is 23.5 Å². The average molecular weight is 485 g/mol. The van der Waals surface area contributed by atoms with Gasteiger partial charge in [-0.25, -0.2) is 4.39 Å². The summed E-state index contributed by atoms with van der Waals surface area (Å²) >= 11 is 2.75. The SMILES string of the molecule is COc1cc(C(=N)N)ccc1CSc1cccc(SCc2ccc(C(=N)N)cc2OC)c1F. The highest BCUT2D eigenvalue weighted by Crippen LogP contribution is 2.36. The highest BCUT2D eigenvalue weighted by Gasteiger charge is 2.13. The van der Waals surface area contributed by atoms with Gasteiger partial charge < -0.3 is 20.9 Å². The standard InChI is InChI=1S/C24H25FN4O2S2/c1-30-18-10-14(23(26)27)6-8-16(18)12-32-20-4-3-5-21(22(20)25)33-13-17-9-7-15(24(28)29)11-19(17)31-2/h3-11H,12-13H2,1-2H3,(H3,26,27)(H3,28,29). The third kappa shape index (κ3) is 6.00. The van der Waals surface area contributed by atoms with E-state index in [4.69, 9.17) is 31.8 Å². The predicted molar refractivity (Wildman–Crippen MR) is 134 cm³/mol. The maximum absolute atomic E-state index is 15.2. The molecule has 0 spiro atoms. The zero-order valence-corrected chi connectivity index (χ0v) is 19.9. The van der Waals surface area contributed by atoms with Crippen LogP contribution in [0.4, 0.5) is 4.39 Å². The van der Waals surface area contributed by atoms with Crippen molar-refractivity contribution in [3.63, 3.8) is 0 Å². The lowest BCUT2D eigenvalue weighted by Gasteiger charge is -2.13. The average Bonchev–Trinajstić information content (AvgIpc) is 2.82. The van der Waals surface area contributed by atoms with Gasteiger partial charge in [-0.05, 0) is 24.3 Å². The number of hydrogen-bond donors (Lipinski definition) is 4. The van der Waals surface area contributed by atoms with Gasteiger partial charge in [0.1, 0.15) is 29.0 Å². The summed E-state index contributed by atoms with van der Waals surface area (Å²) < 4.78 is 26.0. The van der Waals surface area contributed by atoms with E-state index in [-0.39, 0.29) is 17.5 Å². The van der Waals surface area contributed by atoms with Gasteiger partial charge >= 0.3 is 0 Å². The highest BCUT2D eigenvalue weighted by atomic mass is 32.2. The first-order chi connectivity index (χ1) is 15.8. The van der Waals surface area contributed by atoms with Crippen molar-refractivity contribution in [2.75, 3.05) is 14.2 Å². The summed E-state index contributed by atoms with van der Waals surface area (Å²) in [5, 5.41) is 15.1. The minimum absolute atomic E-state index is 0.0316. The van der Waals surface area contributed by atoms with E-state index in [9.17, 15) is 0 Å². The van der Waals surface area contributed by atoms with Crippen LogP contribution in [-0.2, 0) is 11.5 Å². The van der Waals surface area contributed by atoms with E-state index >= 15 is 4.39 Å². The summed E-state index contributed by atoms with van der Waals surface area (Å²) in [7, 11) is 3.12. The number of amidine groups is 2. The minimum atomic E-state index is -0.272. The Bertz CT molecular complexity index is 1100. The van der Waals surface area contributed by atoms with E-state index in [2.05, 4.69) is 0 Å². The molecule has 0 saturated carbocycles. The molecule has 0 radical (unpaired) electrons. The molecule has 0 aliphatic carbocycles. The fourth-order valence-corrected chi connectivity index (χ4v) is 5.07. The summed E-state index contributed by atoms with van der Waals surface area (Å²) in [6, 6.07) is 16.0. The second-order valence-electron chi connectivity index (χ2n) is 7.03. The van der Waals surface area contributed by atoms with E-state index in [1.807, 2.05) is 18.2 Å². The minimum Gasteiger partial charge on any atom is -0.496 e. The van der Waals surface area contributed by atoms with Crippen LogP contribution in [0.25, 0.3) is 0 Å². The maximum atomic E-state index is 15.2. The first kappa shape index (κ1) is 24.5. The molecule has 0 aliphatic rings. The summed E-state index contributed by atoms with van der Waals surface area (Å²) in [6.07, 6.45) is 0. The molecule has 0 unspecified atom stereocenters. The number of rotatable bonds is 10. The van der Waals surface area contributed by atoms with Crippen LogP contribution in [0.3, 0.4) is 0 Å². The van der Waals surface area contributed by atoms with Crippen LogP contribution in [-0.4, -0.2) is 25.9 Å². The monoisotopic (exact) mass is 484 g/mol. The molecular weight excluding hydrogens is 459 g/mol. The number of thioether (sulfide) groups is 2. The van der Waals surface area contributed by atoms with Gasteiger partial charge in [0.25, 0.3) is 0 Å². The lowest BCUT2D eigenvalue weighted by molar-refractivity contribution is 0.411. The largest absolute Gasteiger partial charge is 0.496 e. The van der Waals surface area contributed by atoms with Crippen LogP contribution < -0.4 is 20.9 Å². The number of halogens is 1. The molecule has 3 aromatic carbocycles. The molecular formula is C24H25FN4O2S2. The number of benzene rings is 3. The van der Waals surface area contributed by atoms with E-state index < -0.39 is 0 Å². The van der Waals surface area contributed by atoms with E-state index in [0.717, 1.165) is 11.1 Å². The normalized spacial score (nSPS) is 10.6. The molecule has 3 rings (SSSR count). The Hall–Kier alpha value is -3.17. The van der Waals surface area contributed by atoms with E-state index in [0.29, 0.717) is 43.9 Å². The van der Waals surface area contributed by atoms with Gasteiger partial charge in [0.2, 0.25) is 0 Å². The van der Waals surface area contributed by atoms with Crippen molar-refractivity contribution in [2.45, 2.75) is 21.3 Å². The Morgan fingerprint density at radius 1 is 0.788 bits per heavy atom. The Labute approximate surface area is 200 Å². The molecule has 0 aromatic heterocycles. The van der Waals surface area contributed by atoms with Crippen molar-refractivity contribution < 1.29 is 13.9 Å². The fourth-order valence-electron chi connectivity index (χ4n) is 3.09. The van der Waals surface area contributed by atoms with Crippen LogP contribution in [0.2, 0.25) is 0 Å². The Morgan fingerprint density at radius 2 is 1.21 bits per heavy atom. The third-order valence-corrected chi connectivity index (χ3v) is 7.05. The van der Waals surface area contributed by atoms with Crippen LogP contribution in [0.1, 0.15) is 22.3 Å². The molecule has 33 heavy (non-hydrogen) atoms. The maximum Gasteiger partial charge on any atom is 0.150 e. The number of nitrogens with one attached hydrogen (secondary N) is 2. The summed E-state index contributed by atoms with van der Waals surface area (Å²) in [5.41, 5.74) is 14.0. The fraction of sp³-hybridized carbons (Fsp3) is 0.167. The molecule has 0 atom stereocenters. The van der Waals surface area contributed by atoms with Crippen molar-refractivity contribution in [2.24, 2.45) is 11.5 Å². The van der Waals surface area contributed by atoms with Crippen molar-refractivity contribution in [1.29, 1.82) is 10.8 Å². The second kappa shape index (κ2) is 11.1. The molecule has 0 amide bonds. The quantitative estimate of drug-likeness (QED) is 0.183. The van der Waals surface area contributed by atoms with E-state index in [1.165, 1.54) is 23.5 Å². The van der Waals surface area contributed by atoms with Gasteiger partial charge in [-0.3, -0.25) is 10.8 Å². The van der Waals surface area contributed by atoms with Crippen LogP contribution in [0.15, 0.2) is 64.4 Å². The zero-order chi connectivity index (χ0) is 24.0. The first-order valence-corrected chi connectivity index (χ1v) is 11.9. The van der Waals surface area contributed by atoms with Gasteiger partial charge in [0.15, 0.2) is 0 Å². The van der Waals surface area contributed by atoms with Gasteiger partial charge in [-0.1, -0.05) is 30.3 Å². The lowest BCUT2D eigenvalue weighted by Crippen LogP contribution is -2.11. The number of nitrogen functional groups attached to an aromatic ring is 2. The Morgan fingerprint density at radius 3 is 1.58 bits per heavy atom. The number of methoxy groups -OCH3 is 2. The smallest absolute Gasteiger partial charge is 0.150 e. The van der Waals surface area contributed by atoms with Gasteiger partial charge in [-0.15, -0.1) is 23.5 Å². The number of hydrogen-bond acceptors (Lipinski definition) is 6. The number of nitrogens with two attached hydrogens (primary N) is 2. The molecule has 0 bridgehead atoms. The van der Waals surface area contributed by atoms with Crippen molar-refractivity contribution in [1.82, 2.24) is 0 Å². The second-order valence-corrected chi connectivity index (χ2v) is 9.06. The molecule has 3 aromatic rings. The number of ether oxygens (including phenoxy) is 2. The van der Waals surface area contributed by atoms with Crippen LogP contribution in [0.5, 0.6) is 11.5 Å². The summed E-state index contributed by atoms with van der Waals surface area (Å²) in [6.45, 7) is 0. The third-order valence-electron chi connectivity index (χ3n) is 4.89. The molecule has 6 N–H and O–H groups in total. The molecule has 0 aliphatic heterocycles. The van der Waals surface area contributed by atoms with E-state index in [1.54, 1.807) is 50.6 Å². The first-order valence-electron chi connectivity index (χ1n) is 9.90. The Balaban J connectivity index is 1.73. The predicted octanol–water partition coefficient (Wildman–Crippen LogP) is 5.00. The highest BCUT2D eigenvalue weighted by molar-refractivity contribution is 7.99. The lowest BCUT2D eigenvalue weighted by atomic mass is 10.1. The van der Waals surface area contributed by atoms with Gasteiger partial charge in [0, 0.05) is 43.6 Å².